The van der Waals surface area contributed by atoms with Crippen LogP contribution in [0.25, 0.3) is 0 Å². The van der Waals surface area contributed by atoms with Gasteiger partial charge in [0, 0.05) is 26.0 Å². The van der Waals surface area contributed by atoms with Crippen LogP contribution in [0.15, 0.2) is 30.3 Å². The Bertz CT molecular complexity index is 618. The molecule has 2 atom stereocenters. The number of carbonyl (C=O) groups excluding carboxylic acids is 1. The van der Waals surface area contributed by atoms with Crippen LogP contribution in [0.2, 0.25) is 0 Å². The van der Waals surface area contributed by atoms with Gasteiger partial charge in [0.1, 0.15) is 9.84 Å². The van der Waals surface area contributed by atoms with E-state index in [9.17, 15) is 13.2 Å². The molecule has 0 radical (unpaired) electrons. The van der Waals surface area contributed by atoms with Crippen molar-refractivity contribution in [3.05, 3.63) is 35.9 Å². The molecule has 0 spiro atoms. The molecule has 1 aromatic carbocycles. The first kappa shape index (κ1) is 17.7. The highest BCUT2D eigenvalue weighted by molar-refractivity contribution is 7.90. The smallest absolute Gasteiger partial charge is 0.318 e. The predicted molar refractivity (Wildman–Crippen MR) is 89.0 cm³/mol. The SMILES string of the molecule is C[C@H]1CN(C(=O)N[C@@H](CS(C)(=O)=O)c2ccccc2)CCCO1. The predicted octanol–water partition coefficient (Wildman–Crippen LogP) is 1.59. The molecule has 1 heterocycles. The summed E-state index contributed by atoms with van der Waals surface area (Å²) in [5, 5.41) is 2.86. The molecule has 6 nitrogen and oxygen atoms in total. The summed E-state index contributed by atoms with van der Waals surface area (Å²) < 4.78 is 28.9. The van der Waals surface area contributed by atoms with Crippen molar-refractivity contribution >= 4 is 15.9 Å². The number of rotatable bonds is 4. The van der Waals surface area contributed by atoms with E-state index in [0.29, 0.717) is 19.7 Å². The zero-order valence-electron chi connectivity index (χ0n) is 13.6. The summed E-state index contributed by atoms with van der Waals surface area (Å²) in [6.45, 7) is 3.68. The molecule has 1 N–H and O–H groups in total. The number of hydrogen-bond acceptors (Lipinski definition) is 4. The lowest BCUT2D eigenvalue weighted by molar-refractivity contribution is 0.0709. The van der Waals surface area contributed by atoms with Gasteiger partial charge in [0.25, 0.3) is 0 Å². The first-order chi connectivity index (χ1) is 10.8. The summed E-state index contributed by atoms with van der Waals surface area (Å²) >= 11 is 0. The summed E-state index contributed by atoms with van der Waals surface area (Å²) in [6, 6.07) is 8.36. The van der Waals surface area contributed by atoms with Crippen LogP contribution in [0.4, 0.5) is 4.79 Å². The lowest BCUT2D eigenvalue weighted by atomic mass is 10.1. The van der Waals surface area contributed by atoms with Crippen LogP contribution in [0.1, 0.15) is 24.9 Å². The second-order valence-electron chi connectivity index (χ2n) is 5.99. The first-order valence-electron chi connectivity index (χ1n) is 7.75. The van der Waals surface area contributed by atoms with Gasteiger partial charge in [-0.05, 0) is 18.9 Å². The van der Waals surface area contributed by atoms with Crippen molar-refractivity contribution in [2.24, 2.45) is 0 Å². The summed E-state index contributed by atoms with van der Waals surface area (Å²) in [5.74, 6) is -0.122. The molecule has 128 valence electrons. The van der Waals surface area contributed by atoms with Gasteiger partial charge in [-0.15, -0.1) is 0 Å². The molecule has 0 aliphatic carbocycles. The van der Waals surface area contributed by atoms with Crippen molar-refractivity contribution in [1.82, 2.24) is 10.2 Å². The average molecular weight is 340 g/mol. The van der Waals surface area contributed by atoms with E-state index in [0.717, 1.165) is 12.0 Å². The fourth-order valence-corrected chi connectivity index (χ4v) is 3.51. The highest BCUT2D eigenvalue weighted by Gasteiger charge is 2.24. The van der Waals surface area contributed by atoms with Gasteiger partial charge >= 0.3 is 6.03 Å². The maximum absolute atomic E-state index is 12.5. The van der Waals surface area contributed by atoms with Crippen LogP contribution in [0.3, 0.4) is 0 Å². The second kappa shape index (κ2) is 7.79. The van der Waals surface area contributed by atoms with Crippen LogP contribution in [-0.2, 0) is 14.6 Å². The molecular weight excluding hydrogens is 316 g/mol. The van der Waals surface area contributed by atoms with E-state index >= 15 is 0 Å². The molecule has 0 aromatic heterocycles. The fourth-order valence-electron chi connectivity index (χ4n) is 2.63. The Labute approximate surface area is 137 Å². The average Bonchev–Trinajstić information content (AvgIpc) is 2.71. The van der Waals surface area contributed by atoms with E-state index in [-0.39, 0.29) is 17.9 Å². The number of benzene rings is 1. The van der Waals surface area contributed by atoms with Crippen molar-refractivity contribution < 1.29 is 17.9 Å². The number of sulfone groups is 1. The van der Waals surface area contributed by atoms with E-state index in [1.165, 1.54) is 6.26 Å². The van der Waals surface area contributed by atoms with Crippen LogP contribution >= 0.6 is 0 Å². The van der Waals surface area contributed by atoms with E-state index in [1.54, 1.807) is 4.90 Å². The number of ether oxygens (including phenoxy) is 1. The van der Waals surface area contributed by atoms with Gasteiger partial charge in [-0.3, -0.25) is 0 Å². The number of carbonyl (C=O) groups is 1. The lowest BCUT2D eigenvalue weighted by Crippen LogP contribution is -2.45. The third kappa shape index (κ3) is 5.84. The standard InChI is InChI=1S/C16H24N2O4S/c1-13-11-18(9-6-10-22-13)16(19)17-15(12-23(2,20)21)14-7-4-3-5-8-14/h3-5,7-8,13,15H,6,9-12H2,1-2H3,(H,17,19)/t13-,15-/m0/s1. The van der Waals surface area contributed by atoms with Crippen molar-refractivity contribution in [2.45, 2.75) is 25.5 Å². The van der Waals surface area contributed by atoms with Crippen LogP contribution < -0.4 is 5.32 Å². The number of amides is 2. The van der Waals surface area contributed by atoms with E-state index < -0.39 is 15.9 Å². The summed E-state index contributed by atoms with van der Waals surface area (Å²) in [5.41, 5.74) is 0.783. The van der Waals surface area contributed by atoms with Gasteiger partial charge in [0.15, 0.2) is 0 Å². The summed E-state index contributed by atoms with van der Waals surface area (Å²) in [6.07, 6.45) is 1.94. The molecule has 0 bridgehead atoms. The molecule has 1 aliphatic rings. The topological polar surface area (TPSA) is 75.7 Å². The van der Waals surface area contributed by atoms with Crippen molar-refractivity contribution in [3.63, 3.8) is 0 Å². The molecule has 1 fully saturated rings. The van der Waals surface area contributed by atoms with E-state index in [1.807, 2.05) is 37.3 Å². The van der Waals surface area contributed by atoms with Crippen LogP contribution in [0, 0.1) is 0 Å². The monoisotopic (exact) mass is 340 g/mol. The van der Waals surface area contributed by atoms with Gasteiger partial charge < -0.3 is 15.0 Å². The Balaban J connectivity index is 2.11. The normalized spacial score (nSPS) is 20.6. The van der Waals surface area contributed by atoms with Crippen molar-refractivity contribution in [1.29, 1.82) is 0 Å². The largest absolute Gasteiger partial charge is 0.377 e. The lowest BCUT2D eigenvalue weighted by Gasteiger charge is -2.26. The first-order valence-corrected chi connectivity index (χ1v) is 9.81. The van der Waals surface area contributed by atoms with Crippen molar-refractivity contribution in [2.75, 3.05) is 31.7 Å². The minimum Gasteiger partial charge on any atom is -0.377 e. The second-order valence-corrected chi connectivity index (χ2v) is 8.17. The van der Waals surface area contributed by atoms with Gasteiger partial charge in [0.05, 0.1) is 17.9 Å². The Morgan fingerprint density at radius 2 is 2.09 bits per heavy atom. The maximum Gasteiger partial charge on any atom is 0.318 e. The van der Waals surface area contributed by atoms with Gasteiger partial charge in [-0.2, -0.15) is 0 Å². The molecule has 1 saturated heterocycles. The Hall–Kier alpha value is -1.60. The molecule has 23 heavy (non-hydrogen) atoms. The number of nitrogens with one attached hydrogen (secondary N) is 1. The number of hydrogen-bond donors (Lipinski definition) is 1. The molecular formula is C16H24N2O4S. The Kier molecular flexibility index (Phi) is 6.01. The van der Waals surface area contributed by atoms with E-state index in [4.69, 9.17) is 4.74 Å². The Morgan fingerprint density at radius 1 is 1.39 bits per heavy atom. The molecule has 2 amide bonds. The zero-order valence-corrected chi connectivity index (χ0v) is 14.4. The highest BCUT2D eigenvalue weighted by atomic mass is 32.2. The van der Waals surface area contributed by atoms with E-state index in [2.05, 4.69) is 5.32 Å². The highest BCUT2D eigenvalue weighted by Crippen LogP contribution is 2.16. The maximum atomic E-state index is 12.5. The zero-order chi connectivity index (χ0) is 16.9. The molecule has 0 unspecified atom stereocenters. The summed E-state index contributed by atoms with van der Waals surface area (Å²) in [4.78, 5) is 14.2. The molecule has 1 aliphatic heterocycles. The van der Waals surface area contributed by atoms with Gasteiger partial charge in [-0.25, -0.2) is 13.2 Å². The molecule has 1 aromatic rings. The van der Waals surface area contributed by atoms with Crippen LogP contribution in [0.5, 0.6) is 0 Å². The molecule has 2 rings (SSSR count). The van der Waals surface area contributed by atoms with Gasteiger partial charge in [0.2, 0.25) is 0 Å². The summed E-state index contributed by atoms with van der Waals surface area (Å²) in [7, 11) is -3.22. The van der Waals surface area contributed by atoms with Gasteiger partial charge in [-0.1, -0.05) is 30.3 Å². The minimum absolute atomic E-state index is 0.0201. The Morgan fingerprint density at radius 3 is 2.74 bits per heavy atom. The quantitative estimate of drug-likeness (QED) is 0.903. The number of nitrogens with zero attached hydrogens (tertiary/aromatic N) is 1. The fraction of sp³-hybridized carbons (Fsp3) is 0.562. The minimum atomic E-state index is -3.22. The molecule has 7 heteroatoms. The third-order valence-corrected chi connectivity index (χ3v) is 4.65. The van der Waals surface area contributed by atoms with Crippen molar-refractivity contribution in [3.8, 4) is 0 Å². The van der Waals surface area contributed by atoms with Crippen LogP contribution in [-0.4, -0.2) is 57.2 Å². The molecule has 0 saturated carbocycles. The third-order valence-electron chi connectivity index (χ3n) is 3.71. The number of urea groups is 1.